The SMILES string of the molecule is C#CCCNC(CN)c1c(Cl)cccc1Cl. The summed E-state index contributed by atoms with van der Waals surface area (Å²) in [6, 6.07) is 5.35. The van der Waals surface area contributed by atoms with Crippen LogP contribution in [-0.4, -0.2) is 13.1 Å². The zero-order chi connectivity index (χ0) is 12.0. The minimum absolute atomic E-state index is 0.0606. The molecule has 0 fully saturated rings. The van der Waals surface area contributed by atoms with E-state index >= 15 is 0 Å². The van der Waals surface area contributed by atoms with Gasteiger partial charge >= 0.3 is 0 Å². The number of nitrogens with one attached hydrogen (secondary N) is 1. The molecule has 0 bridgehead atoms. The van der Waals surface area contributed by atoms with E-state index in [9.17, 15) is 0 Å². The van der Waals surface area contributed by atoms with Crippen LogP contribution in [-0.2, 0) is 0 Å². The molecule has 0 aliphatic carbocycles. The van der Waals surface area contributed by atoms with Gasteiger partial charge in [-0.3, -0.25) is 0 Å². The number of rotatable bonds is 5. The average Bonchev–Trinajstić information content (AvgIpc) is 2.26. The summed E-state index contributed by atoms with van der Waals surface area (Å²) in [4.78, 5) is 0. The standard InChI is InChI=1S/C12H14Cl2N2/c1-2-3-7-16-11(8-15)12-9(13)5-4-6-10(12)14/h1,4-6,11,16H,3,7-8,15H2. The largest absolute Gasteiger partial charge is 0.329 e. The molecule has 4 heteroatoms. The number of terminal acetylenes is 1. The molecular weight excluding hydrogens is 243 g/mol. The average molecular weight is 257 g/mol. The van der Waals surface area contributed by atoms with Gasteiger partial charge in [-0.2, -0.15) is 0 Å². The summed E-state index contributed by atoms with van der Waals surface area (Å²) < 4.78 is 0. The van der Waals surface area contributed by atoms with Gasteiger partial charge in [0.05, 0.1) is 0 Å². The highest BCUT2D eigenvalue weighted by Crippen LogP contribution is 2.29. The van der Waals surface area contributed by atoms with E-state index in [1.807, 2.05) is 6.07 Å². The molecule has 86 valence electrons. The first kappa shape index (κ1) is 13.3. The topological polar surface area (TPSA) is 38.0 Å². The molecule has 0 amide bonds. The molecule has 3 N–H and O–H groups in total. The summed E-state index contributed by atoms with van der Waals surface area (Å²) in [7, 11) is 0. The van der Waals surface area contributed by atoms with Crippen LogP contribution in [0.4, 0.5) is 0 Å². The van der Waals surface area contributed by atoms with Crippen LogP contribution < -0.4 is 11.1 Å². The monoisotopic (exact) mass is 256 g/mol. The molecule has 0 aliphatic rings. The van der Waals surface area contributed by atoms with Gasteiger partial charge < -0.3 is 11.1 Å². The molecule has 0 aliphatic heterocycles. The lowest BCUT2D eigenvalue weighted by Crippen LogP contribution is -2.29. The first-order chi connectivity index (χ1) is 7.70. The van der Waals surface area contributed by atoms with Crippen LogP contribution in [0.15, 0.2) is 18.2 Å². The fourth-order valence-electron chi connectivity index (χ4n) is 1.47. The van der Waals surface area contributed by atoms with Crippen molar-refractivity contribution in [1.29, 1.82) is 0 Å². The van der Waals surface area contributed by atoms with Crippen LogP contribution in [0.2, 0.25) is 10.0 Å². The number of hydrogen-bond acceptors (Lipinski definition) is 2. The number of hydrogen-bond donors (Lipinski definition) is 2. The molecule has 0 aromatic heterocycles. The summed E-state index contributed by atoms with van der Waals surface area (Å²) in [5, 5.41) is 4.47. The van der Waals surface area contributed by atoms with Crippen molar-refractivity contribution in [2.45, 2.75) is 12.5 Å². The fraction of sp³-hybridized carbons (Fsp3) is 0.333. The molecule has 0 spiro atoms. The van der Waals surface area contributed by atoms with Crippen LogP contribution >= 0.6 is 23.2 Å². The Morgan fingerprint density at radius 2 is 2.00 bits per heavy atom. The van der Waals surface area contributed by atoms with Crippen molar-refractivity contribution >= 4 is 23.2 Å². The van der Waals surface area contributed by atoms with Gasteiger partial charge in [0.1, 0.15) is 0 Å². The Kier molecular flexibility index (Phi) is 5.65. The van der Waals surface area contributed by atoms with Gasteiger partial charge in [-0.05, 0) is 12.1 Å². The van der Waals surface area contributed by atoms with Crippen LogP contribution in [0.5, 0.6) is 0 Å². The lowest BCUT2D eigenvalue weighted by Gasteiger charge is -2.19. The zero-order valence-electron chi connectivity index (χ0n) is 8.84. The number of halogens is 2. The summed E-state index contributed by atoms with van der Waals surface area (Å²) in [5.74, 6) is 2.56. The Hall–Kier alpha value is -0.720. The van der Waals surface area contributed by atoms with E-state index in [0.717, 1.165) is 5.56 Å². The third-order valence-electron chi connectivity index (χ3n) is 2.24. The predicted molar refractivity (Wildman–Crippen MR) is 69.7 cm³/mol. The van der Waals surface area contributed by atoms with Crippen molar-refractivity contribution in [3.63, 3.8) is 0 Å². The highest BCUT2D eigenvalue weighted by molar-refractivity contribution is 6.36. The van der Waals surface area contributed by atoms with E-state index in [0.29, 0.717) is 29.6 Å². The summed E-state index contributed by atoms with van der Waals surface area (Å²) in [5.41, 5.74) is 6.53. The molecule has 1 rings (SSSR count). The van der Waals surface area contributed by atoms with Crippen molar-refractivity contribution in [3.8, 4) is 12.3 Å². The molecule has 1 atom stereocenters. The van der Waals surface area contributed by atoms with E-state index in [-0.39, 0.29) is 6.04 Å². The number of nitrogens with two attached hydrogens (primary N) is 1. The Morgan fingerprint density at radius 3 is 2.50 bits per heavy atom. The first-order valence-corrected chi connectivity index (χ1v) is 5.77. The lowest BCUT2D eigenvalue weighted by atomic mass is 10.1. The third-order valence-corrected chi connectivity index (χ3v) is 2.90. The highest BCUT2D eigenvalue weighted by Gasteiger charge is 2.15. The van der Waals surface area contributed by atoms with E-state index in [2.05, 4.69) is 11.2 Å². The smallest absolute Gasteiger partial charge is 0.0474 e. The minimum Gasteiger partial charge on any atom is -0.329 e. The van der Waals surface area contributed by atoms with Gasteiger partial charge in [0.2, 0.25) is 0 Å². The van der Waals surface area contributed by atoms with Crippen LogP contribution in [0.3, 0.4) is 0 Å². The van der Waals surface area contributed by atoms with Crippen molar-refractivity contribution in [3.05, 3.63) is 33.8 Å². The number of benzene rings is 1. The minimum atomic E-state index is -0.0606. The molecule has 2 nitrogen and oxygen atoms in total. The quantitative estimate of drug-likeness (QED) is 0.628. The second-order valence-electron chi connectivity index (χ2n) is 3.33. The molecule has 0 saturated heterocycles. The summed E-state index contributed by atoms with van der Waals surface area (Å²) >= 11 is 12.2. The van der Waals surface area contributed by atoms with Gasteiger partial charge in [0.15, 0.2) is 0 Å². The molecule has 1 unspecified atom stereocenters. The van der Waals surface area contributed by atoms with E-state index < -0.39 is 0 Å². The van der Waals surface area contributed by atoms with E-state index in [1.165, 1.54) is 0 Å². The van der Waals surface area contributed by atoms with Gasteiger partial charge in [-0.1, -0.05) is 29.3 Å². The van der Waals surface area contributed by atoms with Gasteiger partial charge in [0, 0.05) is 41.2 Å². The molecule has 0 heterocycles. The molecule has 1 aromatic carbocycles. The molecule has 0 radical (unpaired) electrons. The molecule has 1 aromatic rings. The van der Waals surface area contributed by atoms with Gasteiger partial charge in [0.25, 0.3) is 0 Å². The second kappa shape index (κ2) is 6.78. The maximum absolute atomic E-state index is 6.10. The molecule has 16 heavy (non-hydrogen) atoms. The van der Waals surface area contributed by atoms with E-state index in [1.54, 1.807) is 12.1 Å². The fourth-order valence-corrected chi connectivity index (χ4v) is 2.13. The van der Waals surface area contributed by atoms with Crippen molar-refractivity contribution in [2.24, 2.45) is 5.73 Å². The van der Waals surface area contributed by atoms with Crippen molar-refractivity contribution in [1.82, 2.24) is 5.32 Å². The zero-order valence-corrected chi connectivity index (χ0v) is 10.4. The van der Waals surface area contributed by atoms with Gasteiger partial charge in [-0.25, -0.2) is 0 Å². The van der Waals surface area contributed by atoms with Crippen molar-refractivity contribution in [2.75, 3.05) is 13.1 Å². The Morgan fingerprint density at radius 1 is 1.38 bits per heavy atom. The maximum atomic E-state index is 6.10. The molecule has 0 saturated carbocycles. The van der Waals surface area contributed by atoms with Gasteiger partial charge in [-0.15, -0.1) is 12.3 Å². The Labute approximate surface area is 106 Å². The first-order valence-electron chi connectivity index (χ1n) is 5.01. The summed E-state index contributed by atoms with van der Waals surface area (Å²) in [6.07, 6.45) is 5.83. The Bertz CT molecular complexity index is 365. The maximum Gasteiger partial charge on any atom is 0.0474 e. The normalized spacial score (nSPS) is 12.1. The third kappa shape index (κ3) is 3.40. The van der Waals surface area contributed by atoms with E-state index in [4.69, 9.17) is 35.4 Å². The lowest BCUT2D eigenvalue weighted by molar-refractivity contribution is 0.551. The Balaban J connectivity index is 2.83. The van der Waals surface area contributed by atoms with Crippen LogP contribution in [0.1, 0.15) is 18.0 Å². The van der Waals surface area contributed by atoms with Crippen molar-refractivity contribution < 1.29 is 0 Å². The molecular formula is C12H14Cl2N2. The predicted octanol–water partition coefficient (Wildman–Crippen LogP) is 2.61. The van der Waals surface area contributed by atoms with Crippen LogP contribution in [0, 0.1) is 12.3 Å². The highest BCUT2D eigenvalue weighted by atomic mass is 35.5. The van der Waals surface area contributed by atoms with Crippen LogP contribution in [0.25, 0.3) is 0 Å². The second-order valence-corrected chi connectivity index (χ2v) is 4.15. The summed E-state index contributed by atoms with van der Waals surface area (Å²) in [6.45, 7) is 1.12.